The van der Waals surface area contributed by atoms with Gasteiger partial charge in [-0.15, -0.1) is 10.2 Å². The van der Waals surface area contributed by atoms with Crippen molar-refractivity contribution in [3.8, 4) is 11.4 Å². The zero-order valence-corrected chi connectivity index (χ0v) is 17.1. The molecule has 1 aromatic heterocycles. The van der Waals surface area contributed by atoms with Crippen LogP contribution in [0.15, 0.2) is 42.5 Å². The number of nitrogens with zero attached hydrogens (tertiary/aromatic N) is 3. The normalized spacial score (nSPS) is 13.5. The number of benzene rings is 2. The van der Waals surface area contributed by atoms with Crippen molar-refractivity contribution in [2.24, 2.45) is 0 Å². The molecule has 0 unspecified atom stereocenters. The minimum Gasteiger partial charge on any atom is -0.332 e. The second kappa shape index (κ2) is 8.10. The number of anilines is 2. The third-order valence-corrected chi connectivity index (χ3v) is 5.34. The Morgan fingerprint density at radius 3 is 2.57 bits per heavy atom. The Balaban J connectivity index is 1.45. The van der Waals surface area contributed by atoms with Crippen molar-refractivity contribution in [3.05, 3.63) is 59.4 Å². The van der Waals surface area contributed by atoms with Gasteiger partial charge in [-0.1, -0.05) is 24.1 Å². The van der Waals surface area contributed by atoms with E-state index >= 15 is 0 Å². The van der Waals surface area contributed by atoms with E-state index in [0.717, 1.165) is 41.6 Å². The van der Waals surface area contributed by atoms with Crippen LogP contribution in [0.4, 0.5) is 11.4 Å². The molecule has 6 heteroatoms. The van der Waals surface area contributed by atoms with Crippen molar-refractivity contribution >= 4 is 28.7 Å². The van der Waals surface area contributed by atoms with E-state index in [1.165, 1.54) is 30.4 Å². The molecule has 2 heterocycles. The number of rotatable bonds is 3. The lowest BCUT2D eigenvalue weighted by Gasteiger charge is -2.13. The van der Waals surface area contributed by atoms with Crippen LogP contribution in [0.1, 0.15) is 36.2 Å². The SMILES string of the molecule is Cc1ccc(NC(=S)Nc2ccc(-c3nnc4n3CCCCC4)cc2)c(C)c1. The maximum atomic E-state index is 5.47. The average molecular weight is 392 g/mol. The lowest BCUT2D eigenvalue weighted by molar-refractivity contribution is 0.636. The Bertz CT molecular complexity index is 991. The summed E-state index contributed by atoms with van der Waals surface area (Å²) in [4.78, 5) is 0. The molecule has 28 heavy (non-hydrogen) atoms. The molecule has 0 saturated carbocycles. The summed E-state index contributed by atoms with van der Waals surface area (Å²) in [7, 11) is 0. The number of aromatic nitrogens is 3. The van der Waals surface area contributed by atoms with E-state index in [9.17, 15) is 0 Å². The minimum absolute atomic E-state index is 0.580. The maximum Gasteiger partial charge on any atom is 0.175 e. The van der Waals surface area contributed by atoms with Gasteiger partial charge in [0.05, 0.1) is 0 Å². The first-order valence-electron chi connectivity index (χ1n) is 9.78. The second-order valence-corrected chi connectivity index (χ2v) is 7.79. The highest BCUT2D eigenvalue weighted by molar-refractivity contribution is 7.80. The van der Waals surface area contributed by atoms with E-state index in [-0.39, 0.29) is 0 Å². The molecule has 4 rings (SSSR count). The van der Waals surface area contributed by atoms with Crippen LogP contribution < -0.4 is 10.6 Å². The summed E-state index contributed by atoms with van der Waals surface area (Å²) in [6, 6.07) is 14.5. The monoisotopic (exact) mass is 391 g/mol. The predicted molar refractivity (Wildman–Crippen MR) is 119 cm³/mol. The van der Waals surface area contributed by atoms with Gasteiger partial charge >= 0.3 is 0 Å². The number of nitrogens with one attached hydrogen (secondary N) is 2. The molecular formula is C22H25N5S. The van der Waals surface area contributed by atoms with E-state index in [2.05, 4.69) is 69.6 Å². The third kappa shape index (κ3) is 4.07. The highest BCUT2D eigenvalue weighted by Crippen LogP contribution is 2.24. The molecule has 144 valence electrons. The van der Waals surface area contributed by atoms with Gasteiger partial charge < -0.3 is 15.2 Å². The fourth-order valence-corrected chi connectivity index (χ4v) is 3.87. The second-order valence-electron chi connectivity index (χ2n) is 7.38. The van der Waals surface area contributed by atoms with Crippen LogP contribution in [0.5, 0.6) is 0 Å². The molecule has 0 bridgehead atoms. The summed E-state index contributed by atoms with van der Waals surface area (Å²) >= 11 is 5.47. The van der Waals surface area contributed by atoms with Gasteiger partial charge in [0.25, 0.3) is 0 Å². The summed E-state index contributed by atoms with van der Waals surface area (Å²) in [5.41, 5.74) is 5.46. The molecule has 1 aliphatic rings. The Kier molecular flexibility index (Phi) is 5.39. The van der Waals surface area contributed by atoms with Crippen LogP contribution >= 0.6 is 12.2 Å². The van der Waals surface area contributed by atoms with E-state index in [4.69, 9.17) is 12.2 Å². The van der Waals surface area contributed by atoms with Gasteiger partial charge in [-0.25, -0.2) is 0 Å². The first-order chi connectivity index (χ1) is 13.6. The molecule has 0 atom stereocenters. The average Bonchev–Trinajstić information content (AvgIpc) is 2.93. The first-order valence-corrected chi connectivity index (χ1v) is 10.2. The van der Waals surface area contributed by atoms with Gasteiger partial charge in [0.2, 0.25) is 0 Å². The molecule has 5 nitrogen and oxygen atoms in total. The quantitative estimate of drug-likeness (QED) is 0.609. The van der Waals surface area contributed by atoms with Gasteiger partial charge in [0, 0.05) is 29.9 Å². The van der Waals surface area contributed by atoms with Crippen molar-refractivity contribution in [1.29, 1.82) is 0 Å². The van der Waals surface area contributed by atoms with Crippen LogP contribution in [0.25, 0.3) is 11.4 Å². The molecule has 2 aromatic carbocycles. The highest BCUT2D eigenvalue weighted by Gasteiger charge is 2.15. The lowest BCUT2D eigenvalue weighted by Crippen LogP contribution is -2.19. The highest BCUT2D eigenvalue weighted by atomic mass is 32.1. The Morgan fingerprint density at radius 1 is 0.964 bits per heavy atom. The fraction of sp³-hybridized carbons (Fsp3) is 0.318. The van der Waals surface area contributed by atoms with Crippen molar-refractivity contribution < 1.29 is 0 Å². The first kappa shape index (κ1) is 18.6. The smallest absolute Gasteiger partial charge is 0.175 e. The van der Waals surface area contributed by atoms with E-state index < -0.39 is 0 Å². The lowest BCUT2D eigenvalue weighted by atomic mass is 10.1. The van der Waals surface area contributed by atoms with Crippen molar-refractivity contribution in [1.82, 2.24) is 14.8 Å². The summed E-state index contributed by atoms with van der Waals surface area (Å²) in [5, 5.41) is 15.9. The predicted octanol–water partition coefficient (Wildman–Crippen LogP) is 5.10. The summed E-state index contributed by atoms with van der Waals surface area (Å²) in [5.74, 6) is 2.06. The van der Waals surface area contributed by atoms with Gasteiger partial charge in [0.1, 0.15) is 5.82 Å². The molecule has 0 spiro atoms. The maximum absolute atomic E-state index is 5.47. The Hall–Kier alpha value is -2.73. The topological polar surface area (TPSA) is 54.8 Å². The van der Waals surface area contributed by atoms with Crippen molar-refractivity contribution in [3.63, 3.8) is 0 Å². The van der Waals surface area contributed by atoms with E-state index in [1.807, 2.05) is 12.1 Å². The number of thiocarbonyl (C=S) groups is 1. The van der Waals surface area contributed by atoms with E-state index in [1.54, 1.807) is 0 Å². The Morgan fingerprint density at radius 2 is 1.79 bits per heavy atom. The van der Waals surface area contributed by atoms with Crippen LogP contribution in [-0.4, -0.2) is 19.9 Å². The van der Waals surface area contributed by atoms with Crippen LogP contribution in [0.2, 0.25) is 0 Å². The van der Waals surface area contributed by atoms with Gasteiger partial charge in [-0.2, -0.15) is 0 Å². The van der Waals surface area contributed by atoms with Gasteiger partial charge in [-0.3, -0.25) is 0 Å². The van der Waals surface area contributed by atoms with Gasteiger partial charge in [0.15, 0.2) is 10.9 Å². The number of hydrogen-bond acceptors (Lipinski definition) is 3. The largest absolute Gasteiger partial charge is 0.332 e. The number of fused-ring (bicyclic) bond motifs is 1. The fourth-order valence-electron chi connectivity index (χ4n) is 3.64. The molecule has 0 radical (unpaired) electrons. The molecule has 2 N–H and O–H groups in total. The molecule has 0 fully saturated rings. The summed E-state index contributed by atoms with van der Waals surface area (Å²) in [6.07, 6.45) is 4.67. The molecule has 3 aromatic rings. The minimum atomic E-state index is 0.580. The third-order valence-electron chi connectivity index (χ3n) is 5.14. The van der Waals surface area contributed by atoms with Crippen LogP contribution in [0, 0.1) is 13.8 Å². The van der Waals surface area contributed by atoms with Crippen LogP contribution in [-0.2, 0) is 13.0 Å². The number of hydrogen-bond donors (Lipinski definition) is 2. The van der Waals surface area contributed by atoms with Crippen molar-refractivity contribution in [2.45, 2.75) is 46.1 Å². The van der Waals surface area contributed by atoms with Crippen LogP contribution in [0.3, 0.4) is 0 Å². The zero-order valence-electron chi connectivity index (χ0n) is 16.3. The summed E-state index contributed by atoms with van der Waals surface area (Å²) < 4.78 is 2.27. The molecular weight excluding hydrogens is 366 g/mol. The van der Waals surface area contributed by atoms with E-state index in [0.29, 0.717) is 5.11 Å². The molecule has 0 amide bonds. The number of aryl methyl sites for hydroxylation is 3. The standard InChI is InChI=1S/C22H25N5S/c1-15-7-12-19(16(2)14-15)24-22(28)23-18-10-8-17(9-11-18)21-26-25-20-6-4-3-5-13-27(20)21/h7-12,14H,3-6,13H2,1-2H3,(H2,23,24,28). The zero-order chi connectivity index (χ0) is 19.5. The molecule has 0 aliphatic carbocycles. The Labute approximate surface area is 171 Å². The van der Waals surface area contributed by atoms with Crippen molar-refractivity contribution in [2.75, 3.05) is 10.6 Å². The molecule has 1 aliphatic heterocycles. The summed E-state index contributed by atoms with van der Waals surface area (Å²) in [6.45, 7) is 5.17. The molecule has 0 saturated heterocycles. The van der Waals surface area contributed by atoms with Gasteiger partial charge in [-0.05, 0) is 74.8 Å².